The Bertz CT molecular complexity index is 1470. The highest BCUT2D eigenvalue weighted by atomic mass is 16.5. The minimum atomic E-state index is 0.0153. The molecule has 1 amide bonds. The van der Waals surface area contributed by atoms with Crippen LogP contribution in [0.2, 0.25) is 0 Å². The third-order valence-electron chi connectivity index (χ3n) is 6.01. The topological polar surface area (TPSA) is 107 Å². The second kappa shape index (κ2) is 8.23. The van der Waals surface area contributed by atoms with E-state index < -0.39 is 0 Å². The van der Waals surface area contributed by atoms with Crippen LogP contribution in [0.15, 0.2) is 61.1 Å². The Morgan fingerprint density at radius 1 is 1.03 bits per heavy atom. The first kappa shape index (κ1) is 20.3. The van der Waals surface area contributed by atoms with E-state index >= 15 is 0 Å². The van der Waals surface area contributed by atoms with Crippen LogP contribution in [-0.4, -0.2) is 72.1 Å². The van der Waals surface area contributed by atoms with Gasteiger partial charge >= 0.3 is 0 Å². The van der Waals surface area contributed by atoms with E-state index in [4.69, 9.17) is 4.74 Å². The maximum atomic E-state index is 12.7. The molecule has 170 valence electrons. The zero-order valence-corrected chi connectivity index (χ0v) is 18.5. The van der Waals surface area contributed by atoms with E-state index in [1.165, 1.54) is 0 Å². The Labute approximate surface area is 194 Å². The monoisotopic (exact) mass is 454 g/mol. The number of nitrogens with zero attached hydrogens (tertiary/aromatic N) is 7. The number of fused-ring (bicyclic) bond motifs is 1. The molecule has 3 aromatic heterocycles. The van der Waals surface area contributed by atoms with Crippen molar-refractivity contribution in [1.29, 1.82) is 0 Å². The van der Waals surface area contributed by atoms with Crippen LogP contribution in [0.3, 0.4) is 0 Å². The Balaban J connectivity index is 1.27. The lowest BCUT2D eigenvalue weighted by Crippen LogP contribution is -2.40. The third kappa shape index (κ3) is 3.63. The van der Waals surface area contributed by atoms with Crippen molar-refractivity contribution in [2.45, 2.75) is 0 Å². The molecule has 34 heavy (non-hydrogen) atoms. The molecule has 5 aromatic rings. The third-order valence-corrected chi connectivity index (χ3v) is 6.01. The number of aromatic nitrogens is 7. The Kier molecular flexibility index (Phi) is 4.92. The van der Waals surface area contributed by atoms with E-state index in [2.05, 4.69) is 31.7 Å². The zero-order chi connectivity index (χ0) is 23.1. The molecular weight excluding hydrogens is 432 g/mol. The van der Waals surface area contributed by atoms with Crippen LogP contribution in [0.25, 0.3) is 39.1 Å². The van der Waals surface area contributed by atoms with Gasteiger partial charge in [0.15, 0.2) is 0 Å². The maximum Gasteiger partial charge on any atom is 0.254 e. The summed E-state index contributed by atoms with van der Waals surface area (Å²) in [6, 6.07) is 13.5. The first-order chi connectivity index (χ1) is 16.7. The molecule has 6 rings (SSSR count). The number of ether oxygens (including phenoxy) is 1. The summed E-state index contributed by atoms with van der Waals surface area (Å²) in [5.74, 6) is 0.0153. The van der Waals surface area contributed by atoms with E-state index in [0.717, 1.165) is 33.4 Å². The summed E-state index contributed by atoms with van der Waals surface area (Å²) < 4.78 is 8.79. The molecule has 0 saturated carbocycles. The number of carbonyl (C=O) groups is 1. The number of hydrogen-bond donors (Lipinski definition) is 1. The lowest BCUT2D eigenvalue weighted by molar-refractivity contribution is 0.0303. The molecular formula is C24H22N8O2. The van der Waals surface area contributed by atoms with Gasteiger partial charge in [0.25, 0.3) is 5.91 Å². The molecule has 1 fully saturated rings. The van der Waals surface area contributed by atoms with Gasteiger partial charge in [-0.05, 0) is 42.0 Å². The predicted molar refractivity (Wildman–Crippen MR) is 125 cm³/mol. The molecule has 1 N–H and O–H groups in total. The summed E-state index contributed by atoms with van der Waals surface area (Å²) in [6.07, 6.45) is 5.65. The number of H-pyrrole nitrogens is 1. The zero-order valence-electron chi connectivity index (χ0n) is 18.5. The van der Waals surface area contributed by atoms with E-state index in [1.807, 2.05) is 66.9 Å². The van der Waals surface area contributed by atoms with Crippen LogP contribution in [0.4, 0.5) is 0 Å². The minimum Gasteiger partial charge on any atom is -0.378 e. The molecule has 2 aromatic carbocycles. The lowest BCUT2D eigenvalue weighted by Gasteiger charge is -2.26. The van der Waals surface area contributed by atoms with E-state index in [1.54, 1.807) is 9.36 Å². The van der Waals surface area contributed by atoms with E-state index in [-0.39, 0.29) is 5.91 Å². The fourth-order valence-corrected chi connectivity index (χ4v) is 4.16. The van der Waals surface area contributed by atoms with Gasteiger partial charge in [-0.1, -0.05) is 11.3 Å². The van der Waals surface area contributed by atoms with Crippen molar-refractivity contribution in [3.05, 3.63) is 66.6 Å². The van der Waals surface area contributed by atoms with Gasteiger partial charge in [0, 0.05) is 42.8 Å². The van der Waals surface area contributed by atoms with Gasteiger partial charge in [0.1, 0.15) is 11.4 Å². The first-order valence-electron chi connectivity index (χ1n) is 11.0. The van der Waals surface area contributed by atoms with Gasteiger partial charge < -0.3 is 9.64 Å². The highest BCUT2D eigenvalue weighted by molar-refractivity contribution is 5.95. The number of nitrogens with one attached hydrogen (secondary N) is 1. The van der Waals surface area contributed by atoms with Crippen LogP contribution in [0, 0.1) is 0 Å². The predicted octanol–water partition coefficient (Wildman–Crippen LogP) is 2.68. The molecule has 0 aliphatic carbocycles. The molecule has 1 saturated heterocycles. The van der Waals surface area contributed by atoms with Crippen LogP contribution in [0.5, 0.6) is 0 Å². The SMILES string of the molecule is Cn1cc(-c2ccc3[nH]nc(-c4cn(-c5ccc(C(=O)N6CCOCC6)cc5)nn4)c3c2)cn1. The number of morpholine rings is 1. The lowest BCUT2D eigenvalue weighted by atomic mass is 10.1. The Hall–Kier alpha value is -4.31. The fourth-order valence-electron chi connectivity index (χ4n) is 4.16. The maximum absolute atomic E-state index is 12.7. The number of hydrogen-bond acceptors (Lipinski definition) is 6. The van der Waals surface area contributed by atoms with E-state index in [0.29, 0.717) is 37.6 Å². The first-order valence-corrected chi connectivity index (χ1v) is 11.0. The molecule has 4 heterocycles. The number of benzene rings is 2. The fraction of sp³-hybridized carbons (Fsp3) is 0.208. The summed E-state index contributed by atoms with van der Waals surface area (Å²) in [5, 5.41) is 21.4. The Morgan fingerprint density at radius 3 is 2.62 bits per heavy atom. The van der Waals surface area contributed by atoms with Crippen molar-refractivity contribution in [3.63, 3.8) is 0 Å². The van der Waals surface area contributed by atoms with Crippen LogP contribution in [-0.2, 0) is 11.8 Å². The van der Waals surface area contributed by atoms with Gasteiger partial charge in [0.2, 0.25) is 0 Å². The average molecular weight is 454 g/mol. The molecule has 0 radical (unpaired) electrons. The molecule has 0 unspecified atom stereocenters. The van der Waals surface area contributed by atoms with Crippen molar-refractivity contribution < 1.29 is 9.53 Å². The smallest absolute Gasteiger partial charge is 0.254 e. The number of amides is 1. The largest absolute Gasteiger partial charge is 0.378 e. The van der Waals surface area contributed by atoms with Crippen molar-refractivity contribution >= 4 is 16.8 Å². The second-order valence-electron chi connectivity index (χ2n) is 8.24. The van der Waals surface area contributed by atoms with Crippen molar-refractivity contribution in [2.24, 2.45) is 7.05 Å². The van der Waals surface area contributed by atoms with E-state index in [9.17, 15) is 4.79 Å². The number of carbonyl (C=O) groups excluding carboxylic acids is 1. The Morgan fingerprint density at radius 2 is 1.85 bits per heavy atom. The molecule has 0 atom stereocenters. The van der Waals surface area contributed by atoms with Crippen LogP contribution in [0.1, 0.15) is 10.4 Å². The summed E-state index contributed by atoms with van der Waals surface area (Å²) in [7, 11) is 1.90. The normalized spacial score (nSPS) is 14.1. The number of aromatic amines is 1. The van der Waals surface area contributed by atoms with Crippen molar-refractivity contribution in [3.8, 4) is 28.2 Å². The van der Waals surface area contributed by atoms with Crippen LogP contribution >= 0.6 is 0 Å². The van der Waals surface area contributed by atoms with Gasteiger partial charge in [-0.2, -0.15) is 10.2 Å². The number of rotatable bonds is 4. The quantitative estimate of drug-likeness (QED) is 0.448. The highest BCUT2D eigenvalue weighted by Crippen LogP contribution is 2.29. The summed E-state index contributed by atoms with van der Waals surface area (Å²) in [4.78, 5) is 14.5. The molecule has 1 aliphatic rings. The minimum absolute atomic E-state index is 0.0153. The second-order valence-corrected chi connectivity index (χ2v) is 8.24. The molecule has 0 bridgehead atoms. The summed E-state index contributed by atoms with van der Waals surface area (Å²) >= 11 is 0. The summed E-state index contributed by atoms with van der Waals surface area (Å²) in [6.45, 7) is 2.40. The van der Waals surface area contributed by atoms with Crippen molar-refractivity contribution in [1.82, 2.24) is 39.9 Å². The van der Waals surface area contributed by atoms with Gasteiger partial charge in [-0.15, -0.1) is 5.10 Å². The van der Waals surface area contributed by atoms with Gasteiger partial charge in [-0.3, -0.25) is 14.6 Å². The molecule has 10 nitrogen and oxygen atoms in total. The highest BCUT2D eigenvalue weighted by Gasteiger charge is 2.19. The standard InChI is InChI=1S/C24H22N8O2/c1-30-14-18(13-25-30)17-4-7-21-20(12-17)23(28-26-21)22-15-32(29-27-22)19-5-2-16(3-6-19)24(33)31-8-10-34-11-9-31/h2-7,12-15H,8-11H2,1H3,(H,26,28). The van der Waals surface area contributed by atoms with Crippen LogP contribution < -0.4 is 0 Å². The van der Waals surface area contributed by atoms with Gasteiger partial charge in [-0.25, -0.2) is 4.68 Å². The average Bonchev–Trinajstić information content (AvgIpc) is 3.63. The molecule has 0 spiro atoms. The number of aryl methyl sites for hydroxylation is 1. The summed E-state index contributed by atoms with van der Waals surface area (Å²) in [5.41, 5.74) is 5.85. The van der Waals surface area contributed by atoms with Gasteiger partial charge in [0.05, 0.1) is 36.8 Å². The molecule has 10 heteroatoms. The van der Waals surface area contributed by atoms with Crippen molar-refractivity contribution in [2.75, 3.05) is 26.3 Å². The molecule has 1 aliphatic heterocycles.